The summed E-state index contributed by atoms with van der Waals surface area (Å²) in [6, 6.07) is -1.75. The van der Waals surface area contributed by atoms with Gasteiger partial charge in [0, 0.05) is 18.4 Å². The third-order valence-corrected chi connectivity index (χ3v) is 2.37. The maximum atomic E-state index is 11.7. The monoisotopic (exact) mass is 258 g/mol. The number of carboxylic acid groups (broad SMARTS) is 1. The van der Waals surface area contributed by atoms with Gasteiger partial charge in [-0.3, -0.25) is 4.79 Å². The second kappa shape index (κ2) is 6.98. The van der Waals surface area contributed by atoms with Crippen molar-refractivity contribution in [3.8, 4) is 0 Å². The molecule has 0 aromatic carbocycles. The molecule has 0 spiro atoms. The summed E-state index contributed by atoms with van der Waals surface area (Å²) in [6.07, 6.45) is 0.546. The summed E-state index contributed by atoms with van der Waals surface area (Å²) in [7, 11) is 0. The van der Waals surface area contributed by atoms with Crippen molar-refractivity contribution in [2.45, 2.75) is 46.6 Å². The molecule has 2 amide bonds. The Labute approximate surface area is 107 Å². The Kier molecular flexibility index (Phi) is 6.36. The van der Waals surface area contributed by atoms with Gasteiger partial charge in [0.25, 0.3) is 0 Å². The van der Waals surface area contributed by atoms with Crippen LogP contribution in [0, 0.1) is 5.41 Å². The molecule has 1 atom stereocenters. The molecule has 18 heavy (non-hydrogen) atoms. The standard InChI is InChI=1S/C12H22N2O4/c1-5-6-13-11(18)14-8(10(16)17)7-9(15)12(2,3)4/h8H,5-7H2,1-4H3,(H,16,17)(H2,13,14,18). The molecule has 0 saturated heterocycles. The summed E-state index contributed by atoms with van der Waals surface area (Å²) in [4.78, 5) is 34.1. The summed E-state index contributed by atoms with van der Waals surface area (Å²) in [6.45, 7) is 7.49. The number of amides is 2. The Morgan fingerprint density at radius 3 is 2.17 bits per heavy atom. The zero-order chi connectivity index (χ0) is 14.3. The first-order chi connectivity index (χ1) is 8.18. The molecule has 0 aromatic rings. The van der Waals surface area contributed by atoms with Gasteiger partial charge in [0.2, 0.25) is 0 Å². The van der Waals surface area contributed by atoms with Crippen molar-refractivity contribution < 1.29 is 19.5 Å². The van der Waals surface area contributed by atoms with E-state index in [0.717, 1.165) is 6.42 Å². The molecule has 0 aliphatic rings. The van der Waals surface area contributed by atoms with Gasteiger partial charge in [0.15, 0.2) is 0 Å². The average Bonchev–Trinajstić information content (AvgIpc) is 2.23. The zero-order valence-electron chi connectivity index (χ0n) is 11.4. The number of urea groups is 1. The Hall–Kier alpha value is -1.59. The molecule has 0 aromatic heterocycles. The predicted octanol–water partition coefficient (Wildman–Crippen LogP) is 1.15. The maximum Gasteiger partial charge on any atom is 0.326 e. The van der Waals surface area contributed by atoms with Crippen molar-refractivity contribution >= 4 is 17.8 Å². The predicted molar refractivity (Wildman–Crippen MR) is 67.3 cm³/mol. The van der Waals surface area contributed by atoms with Gasteiger partial charge in [-0.2, -0.15) is 0 Å². The highest BCUT2D eigenvalue weighted by Gasteiger charge is 2.29. The minimum absolute atomic E-state index is 0.203. The first-order valence-electron chi connectivity index (χ1n) is 5.99. The van der Waals surface area contributed by atoms with Gasteiger partial charge in [0.1, 0.15) is 11.8 Å². The van der Waals surface area contributed by atoms with Gasteiger partial charge >= 0.3 is 12.0 Å². The third kappa shape index (κ3) is 6.22. The molecule has 6 heteroatoms. The van der Waals surface area contributed by atoms with Gasteiger partial charge in [-0.05, 0) is 6.42 Å². The largest absolute Gasteiger partial charge is 0.480 e. The van der Waals surface area contributed by atoms with Crippen molar-refractivity contribution in [3.05, 3.63) is 0 Å². The number of nitrogens with one attached hydrogen (secondary N) is 2. The molecule has 6 nitrogen and oxygen atoms in total. The summed E-state index contributed by atoms with van der Waals surface area (Å²) in [5, 5.41) is 13.8. The molecule has 1 unspecified atom stereocenters. The Balaban J connectivity index is 4.46. The maximum absolute atomic E-state index is 11.7. The van der Waals surface area contributed by atoms with Crippen LogP contribution in [0.2, 0.25) is 0 Å². The fourth-order valence-electron chi connectivity index (χ4n) is 1.14. The topological polar surface area (TPSA) is 95.5 Å². The summed E-state index contributed by atoms with van der Waals surface area (Å²) in [5.74, 6) is -1.41. The minimum Gasteiger partial charge on any atom is -0.480 e. The highest BCUT2D eigenvalue weighted by molar-refractivity contribution is 5.91. The molecular formula is C12H22N2O4. The van der Waals surface area contributed by atoms with Crippen LogP contribution >= 0.6 is 0 Å². The number of Topliss-reactive ketones (excluding diaryl/α,β-unsaturated/α-hetero) is 1. The highest BCUT2D eigenvalue weighted by Crippen LogP contribution is 2.17. The van der Waals surface area contributed by atoms with E-state index < -0.39 is 23.5 Å². The fourth-order valence-corrected chi connectivity index (χ4v) is 1.14. The minimum atomic E-state index is -1.21. The van der Waals surface area contributed by atoms with Crippen LogP contribution in [0.3, 0.4) is 0 Å². The first-order valence-corrected chi connectivity index (χ1v) is 5.99. The summed E-state index contributed by atoms with van der Waals surface area (Å²) in [5.41, 5.74) is -0.616. The molecular weight excluding hydrogens is 236 g/mol. The Bertz CT molecular complexity index is 321. The quantitative estimate of drug-likeness (QED) is 0.666. The third-order valence-electron chi connectivity index (χ3n) is 2.37. The van der Waals surface area contributed by atoms with Crippen molar-refractivity contribution in [2.24, 2.45) is 5.41 Å². The first kappa shape index (κ1) is 16.4. The smallest absolute Gasteiger partial charge is 0.326 e. The summed E-state index contributed by atoms with van der Waals surface area (Å²) < 4.78 is 0. The molecule has 0 rings (SSSR count). The number of carbonyl (C=O) groups excluding carboxylic acids is 2. The van der Waals surface area contributed by atoms with Crippen LogP contribution in [0.4, 0.5) is 4.79 Å². The Morgan fingerprint density at radius 1 is 1.22 bits per heavy atom. The zero-order valence-corrected chi connectivity index (χ0v) is 11.4. The number of aliphatic carboxylic acids is 1. The lowest BCUT2D eigenvalue weighted by Gasteiger charge is -2.20. The van der Waals surface area contributed by atoms with E-state index in [2.05, 4.69) is 10.6 Å². The van der Waals surface area contributed by atoms with E-state index in [-0.39, 0.29) is 12.2 Å². The van der Waals surface area contributed by atoms with Gasteiger partial charge in [-0.25, -0.2) is 9.59 Å². The number of rotatable bonds is 6. The SMILES string of the molecule is CCCNC(=O)NC(CC(=O)C(C)(C)C)C(=O)O. The van der Waals surface area contributed by atoms with Crippen molar-refractivity contribution in [2.75, 3.05) is 6.54 Å². The molecule has 3 N–H and O–H groups in total. The lowest BCUT2D eigenvalue weighted by Crippen LogP contribution is -2.48. The van der Waals surface area contributed by atoms with Crippen LogP contribution in [0.5, 0.6) is 0 Å². The van der Waals surface area contributed by atoms with E-state index in [1.54, 1.807) is 20.8 Å². The molecule has 0 fully saturated rings. The average molecular weight is 258 g/mol. The Morgan fingerprint density at radius 2 is 1.78 bits per heavy atom. The van der Waals surface area contributed by atoms with E-state index in [9.17, 15) is 14.4 Å². The second-order valence-corrected chi connectivity index (χ2v) is 5.17. The fraction of sp³-hybridized carbons (Fsp3) is 0.750. The van der Waals surface area contributed by atoms with Crippen LogP contribution < -0.4 is 10.6 Å². The molecule has 104 valence electrons. The molecule has 0 radical (unpaired) electrons. The second-order valence-electron chi connectivity index (χ2n) is 5.17. The van der Waals surface area contributed by atoms with Crippen molar-refractivity contribution in [3.63, 3.8) is 0 Å². The van der Waals surface area contributed by atoms with E-state index in [1.165, 1.54) is 0 Å². The van der Waals surface area contributed by atoms with Crippen LogP contribution in [-0.2, 0) is 9.59 Å². The van der Waals surface area contributed by atoms with Crippen LogP contribution in [0.15, 0.2) is 0 Å². The lowest BCUT2D eigenvalue weighted by molar-refractivity contribution is -0.142. The lowest BCUT2D eigenvalue weighted by atomic mass is 9.87. The van der Waals surface area contributed by atoms with Crippen LogP contribution in [0.1, 0.15) is 40.5 Å². The molecule has 0 aliphatic heterocycles. The van der Waals surface area contributed by atoms with Gasteiger partial charge in [-0.15, -0.1) is 0 Å². The van der Waals surface area contributed by atoms with E-state index in [1.807, 2.05) is 6.92 Å². The van der Waals surface area contributed by atoms with E-state index >= 15 is 0 Å². The van der Waals surface area contributed by atoms with Crippen LogP contribution in [-0.4, -0.2) is 35.5 Å². The van der Waals surface area contributed by atoms with Gasteiger partial charge in [-0.1, -0.05) is 27.7 Å². The van der Waals surface area contributed by atoms with E-state index in [0.29, 0.717) is 6.54 Å². The normalized spacial score (nSPS) is 12.7. The highest BCUT2D eigenvalue weighted by atomic mass is 16.4. The number of carbonyl (C=O) groups is 3. The number of ketones is 1. The molecule has 0 aliphatic carbocycles. The molecule has 0 heterocycles. The molecule has 0 bridgehead atoms. The number of carboxylic acids is 1. The van der Waals surface area contributed by atoms with Crippen molar-refractivity contribution in [1.82, 2.24) is 10.6 Å². The van der Waals surface area contributed by atoms with Crippen LogP contribution in [0.25, 0.3) is 0 Å². The number of hydrogen-bond donors (Lipinski definition) is 3. The van der Waals surface area contributed by atoms with Gasteiger partial charge in [0.05, 0.1) is 0 Å². The summed E-state index contributed by atoms with van der Waals surface area (Å²) >= 11 is 0. The van der Waals surface area contributed by atoms with Crippen molar-refractivity contribution in [1.29, 1.82) is 0 Å². The van der Waals surface area contributed by atoms with E-state index in [4.69, 9.17) is 5.11 Å². The molecule has 0 saturated carbocycles. The van der Waals surface area contributed by atoms with Gasteiger partial charge < -0.3 is 15.7 Å². The number of hydrogen-bond acceptors (Lipinski definition) is 3.